The normalized spacial score (nSPS) is 17.2. The highest BCUT2D eigenvalue weighted by Gasteiger charge is 2.29. The third-order valence-electron chi connectivity index (χ3n) is 3.33. The summed E-state index contributed by atoms with van der Waals surface area (Å²) in [6, 6.07) is 6.84. The Morgan fingerprint density at radius 2 is 1.90 bits per heavy atom. The molecule has 0 N–H and O–H groups in total. The maximum Gasteiger partial charge on any atom is 0.243 e. The first-order valence-corrected chi connectivity index (χ1v) is 8.33. The average molecular weight is 317 g/mol. The van der Waals surface area contributed by atoms with Gasteiger partial charge in [-0.15, -0.1) is 11.6 Å². The molecule has 0 saturated carbocycles. The number of aryl methyl sites for hydroxylation is 1. The second-order valence-corrected chi connectivity index (χ2v) is 6.94. The summed E-state index contributed by atoms with van der Waals surface area (Å²) >= 11 is 5.50. The molecule has 0 unspecified atom stereocenters. The number of amides is 1. The lowest BCUT2D eigenvalue weighted by molar-refractivity contribution is -0.129. The number of halogens is 1. The summed E-state index contributed by atoms with van der Waals surface area (Å²) in [5, 5.41) is 0. The van der Waals surface area contributed by atoms with Crippen molar-refractivity contribution >= 4 is 27.5 Å². The van der Waals surface area contributed by atoms with Gasteiger partial charge in [0.15, 0.2) is 0 Å². The van der Waals surface area contributed by atoms with Crippen LogP contribution in [0.3, 0.4) is 0 Å². The number of hydrogen-bond acceptors (Lipinski definition) is 3. The second kappa shape index (κ2) is 6.11. The average Bonchev–Trinajstić information content (AvgIpc) is 2.46. The molecule has 0 radical (unpaired) electrons. The van der Waals surface area contributed by atoms with E-state index in [2.05, 4.69) is 0 Å². The third-order valence-corrected chi connectivity index (χ3v) is 5.46. The Morgan fingerprint density at radius 3 is 2.45 bits per heavy atom. The smallest absolute Gasteiger partial charge is 0.243 e. The highest BCUT2D eigenvalue weighted by molar-refractivity contribution is 7.89. The van der Waals surface area contributed by atoms with Gasteiger partial charge in [-0.05, 0) is 24.6 Å². The van der Waals surface area contributed by atoms with Gasteiger partial charge in [0.1, 0.15) is 5.88 Å². The van der Waals surface area contributed by atoms with Gasteiger partial charge in [-0.3, -0.25) is 4.79 Å². The van der Waals surface area contributed by atoms with Crippen LogP contribution in [0.1, 0.15) is 5.56 Å². The van der Waals surface area contributed by atoms with Crippen molar-refractivity contribution in [1.82, 2.24) is 9.21 Å². The number of carbonyl (C=O) groups excluding carboxylic acids is 1. The van der Waals surface area contributed by atoms with Crippen LogP contribution in [0.5, 0.6) is 0 Å². The number of sulfonamides is 1. The fourth-order valence-corrected chi connectivity index (χ4v) is 3.88. The van der Waals surface area contributed by atoms with Gasteiger partial charge in [-0.25, -0.2) is 8.42 Å². The fraction of sp³-hybridized carbons (Fsp3) is 0.462. The minimum atomic E-state index is -3.48. The number of alkyl halides is 1. The van der Waals surface area contributed by atoms with E-state index in [1.165, 1.54) is 4.31 Å². The molecule has 110 valence electrons. The molecular formula is C13H17ClN2O3S. The van der Waals surface area contributed by atoms with Gasteiger partial charge in [0, 0.05) is 26.2 Å². The van der Waals surface area contributed by atoms with E-state index in [4.69, 9.17) is 11.6 Å². The predicted molar refractivity (Wildman–Crippen MR) is 77.2 cm³/mol. The Morgan fingerprint density at radius 1 is 1.25 bits per heavy atom. The summed E-state index contributed by atoms with van der Waals surface area (Å²) in [6.45, 7) is 3.24. The van der Waals surface area contributed by atoms with Crippen LogP contribution >= 0.6 is 11.6 Å². The lowest BCUT2D eigenvalue weighted by Gasteiger charge is -2.33. The minimum absolute atomic E-state index is 0.0649. The molecule has 20 heavy (non-hydrogen) atoms. The lowest BCUT2D eigenvalue weighted by atomic mass is 10.2. The van der Waals surface area contributed by atoms with Crippen molar-refractivity contribution in [3.63, 3.8) is 0 Å². The van der Waals surface area contributed by atoms with E-state index < -0.39 is 10.0 Å². The van der Waals surface area contributed by atoms with E-state index in [9.17, 15) is 13.2 Å². The lowest BCUT2D eigenvalue weighted by Crippen LogP contribution is -2.50. The SMILES string of the molecule is Cc1cccc(S(=O)(=O)N2CCN(C(=O)CCl)CC2)c1. The molecule has 0 spiro atoms. The highest BCUT2D eigenvalue weighted by atomic mass is 35.5. The molecule has 2 rings (SSSR count). The minimum Gasteiger partial charge on any atom is -0.339 e. The Bertz CT molecular complexity index is 595. The largest absolute Gasteiger partial charge is 0.339 e. The molecule has 1 saturated heterocycles. The van der Waals surface area contributed by atoms with Crippen molar-refractivity contribution in [1.29, 1.82) is 0 Å². The van der Waals surface area contributed by atoms with Crippen molar-refractivity contribution in [2.24, 2.45) is 0 Å². The van der Waals surface area contributed by atoms with Crippen LogP contribution in [0.15, 0.2) is 29.2 Å². The summed E-state index contributed by atoms with van der Waals surface area (Å²) in [4.78, 5) is 13.4. The predicted octanol–water partition coefficient (Wildman–Crippen LogP) is 1.07. The van der Waals surface area contributed by atoms with Gasteiger partial charge in [0.05, 0.1) is 4.90 Å². The zero-order valence-electron chi connectivity index (χ0n) is 11.3. The molecule has 0 atom stereocenters. The topological polar surface area (TPSA) is 57.7 Å². The number of carbonyl (C=O) groups is 1. The molecule has 1 aromatic carbocycles. The second-order valence-electron chi connectivity index (χ2n) is 4.74. The molecule has 1 heterocycles. The van der Waals surface area contributed by atoms with Gasteiger partial charge < -0.3 is 4.90 Å². The third kappa shape index (κ3) is 3.13. The molecule has 1 fully saturated rings. The summed E-state index contributed by atoms with van der Waals surface area (Å²) < 4.78 is 26.4. The molecular weight excluding hydrogens is 300 g/mol. The van der Waals surface area contributed by atoms with Crippen molar-refractivity contribution in [3.8, 4) is 0 Å². The number of hydrogen-bond donors (Lipinski definition) is 0. The monoisotopic (exact) mass is 316 g/mol. The molecule has 1 aliphatic rings. The van der Waals surface area contributed by atoms with E-state index in [0.717, 1.165) is 5.56 Å². The van der Waals surface area contributed by atoms with Crippen LogP contribution in [-0.4, -0.2) is 55.6 Å². The number of benzene rings is 1. The maximum absolute atomic E-state index is 12.5. The molecule has 1 aliphatic heterocycles. The number of nitrogens with zero attached hydrogens (tertiary/aromatic N) is 2. The maximum atomic E-state index is 12.5. The van der Waals surface area contributed by atoms with Gasteiger partial charge in [0.25, 0.3) is 0 Å². The highest BCUT2D eigenvalue weighted by Crippen LogP contribution is 2.18. The quantitative estimate of drug-likeness (QED) is 0.784. The number of piperazine rings is 1. The standard InChI is InChI=1S/C13H17ClN2O3S/c1-11-3-2-4-12(9-11)20(18,19)16-7-5-15(6-8-16)13(17)10-14/h2-4,9H,5-8,10H2,1H3. The first-order valence-electron chi connectivity index (χ1n) is 6.35. The molecule has 5 nitrogen and oxygen atoms in total. The molecule has 1 amide bonds. The van der Waals surface area contributed by atoms with Gasteiger partial charge in [0.2, 0.25) is 15.9 Å². The van der Waals surface area contributed by atoms with Crippen LogP contribution < -0.4 is 0 Å². The van der Waals surface area contributed by atoms with Crippen molar-refractivity contribution in [2.45, 2.75) is 11.8 Å². The van der Waals surface area contributed by atoms with Crippen LogP contribution in [0.25, 0.3) is 0 Å². The zero-order valence-corrected chi connectivity index (χ0v) is 12.8. The van der Waals surface area contributed by atoms with Crippen molar-refractivity contribution in [3.05, 3.63) is 29.8 Å². The first-order chi connectivity index (χ1) is 9.45. The summed E-state index contributed by atoms with van der Waals surface area (Å²) in [7, 11) is -3.48. The van der Waals surface area contributed by atoms with Gasteiger partial charge >= 0.3 is 0 Å². The molecule has 0 aromatic heterocycles. The van der Waals surface area contributed by atoms with E-state index in [-0.39, 0.29) is 11.8 Å². The summed E-state index contributed by atoms with van der Waals surface area (Å²) in [5.74, 6) is -0.218. The zero-order chi connectivity index (χ0) is 14.8. The van der Waals surface area contributed by atoms with Crippen LogP contribution in [0.2, 0.25) is 0 Å². The molecule has 1 aromatic rings. The van der Waals surface area contributed by atoms with Crippen molar-refractivity contribution < 1.29 is 13.2 Å². The van der Waals surface area contributed by atoms with Gasteiger partial charge in [-0.2, -0.15) is 4.31 Å². The summed E-state index contributed by atoms with van der Waals surface area (Å²) in [6.07, 6.45) is 0. The Balaban J connectivity index is 2.11. The number of rotatable bonds is 3. The van der Waals surface area contributed by atoms with E-state index in [1.807, 2.05) is 13.0 Å². The molecule has 0 bridgehead atoms. The van der Waals surface area contributed by atoms with Crippen LogP contribution in [0, 0.1) is 6.92 Å². The van der Waals surface area contributed by atoms with Gasteiger partial charge in [-0.1, -0.05) is 12.1 Å². The first kappa shape index (κ1) is 15.3. The fourth-order valence-electron chi connectivity index (χ4n) is 2.19. The van der Waals surface area contributed by atoms with E-state index in [0.29, 0.717) is 31.1 Å². The molecule has 0 aliphatic carbocycles. The summed E-state index contributed by atoms with van der Waals surface area (Å²) in [5.41, 5.74) is 0.905. The van der Waals surface area contributed by atoms with E-state index >= 15 is 0 Å². The Kier molecular flexibility index (Phi) is 4.67. The van der Waals surface area contributed by atoms with Crippen LogP contribution in [-0.2, 0) is 14.8 Å². The Labute approximate surface area is 124 Å². The molecule has 7 heteroatoms. The Hall–Kier alpha value is -1.11. The van der Waals surface area contributed by atoms with Crippen molar-refractivity contribution in [2.75, 3.05) is 32.1 Å². The van der Waals surface area contributed by atoms with E-state index in [1.54, 1.807) is 23.1 Å². The van der Waals surface area contributed by atoms with Crippen LogP contribution in [0.4, 0.5) is 0 Å².